The molecule has 246 valence electrons. The van der Waals surface area contributed by atoms with Crippen LogP contribution in [0.1, 0.15) is 66.1 Å². The van der Waals surface area contributed by atoms with Gasteiger partial charge in [-0.15, -0.1) is 0 Å². The van der Waals surface area contributed by atoms with Gasteiger partial charge in [-0.1, -0.05) is 29.4 Å². The van der Waals surface area contributed by atoms with E-state index in [1.54, 1.807) is 6.08 Å². The molecule has 3 atom stereocenters. The van der Waals surface area contributed by atoms with Crippen LogP contribution >= 0.6 is 0 Å². The highest BCUT2D eigenvalue weighted by atomic mass is 16.3. The molecule has 0 fully saturated rings. The zero-order valence-corrected chi connectivity index (χ0v) is 26.7. The molecule has 8 N–H and O–H groups in total. The first-order valence-electron chi connectivity index (χ1n) is 15.6. The number of carbonyl (C=O) groups excluding carboxylic acids is 1. The Bertz CT molecular complexity index is 2110. The largest absolute Gasteiger partial charge is 0.508 e. The molecule has 1 aliphatic carbocycles. The van der Waals surface area contributed by atoms with Gasteiger partial charge in [0.05, 0.1) is 5.56 Å². The minimum atomic E-state index is -1.03. The van der Waals surface area contributed by atoms with E-state index in [9.17, 15) is 35.4 Å². The van der Waals surface area contributed by atoms with Crippen molar-refractivity contribution in [2.75, 3.05) is 5.73 Å². The van der Waals surface area contributed by atoms with Gasteiger partial charge in [-0.2, -0.15) is 0 Å². The summed E-state index contributed by atoms with van der Waals surface area (Å²) in [6, 6.07) is 16.2. The van der Waals surface area contributed by atoms with Gasteiger partial charge in [0.25, 0.3) is 0 Å². The molecule has 0 spiro atoms. The third-order valence-corrected chi connectivity index (χ3v) is 9.08. The van der Waals surface area contributed by atoms with Gasteiger partial charge in [0.15, 0.2) is 5.78 Å². The summed E-state index contributed by atoms with van der Waals surface area (Å²) >= 11 is 0. The van der Waals surface area contributed by atoms with E-state index < -0.39 is 29.3 Å². The van der Waals surface area contributed by atoms with Crippen molar-refractivity contribution >= 4 is 22.4 Å². The number of nitrogens with two attached hydrogens (primary N) is 1. The molecular formula is C39H37NO8. The number of phenols is 6. The molecule has 3 unspecified atom stereocenters. The Hall–Kier alpha value is -5.83. The minimum absolute atomic E-state index is 0.0694. The Labute approximate surface area is 277 Å². The SMILES string of the molecule is CC(C)=CCc1c(N)ccc2cc(-c3cc(O)c(C4C=C(C)CC(c5ccc(O)cc5O)C4C(=O)c4ccc(O)cc4O)c(O)c3)oc12. The van der Waals surface area contributed by atoms with Crippen LogP contribution in [0.5, 0.6) is 34.5 Å². The van der Waals surface area contributed by atoms with Gasteiger partial charge in [0.2, 0.25) is 0 Å². The molecule has 0 saturated carbocycles. The molecule has 6 rings (SSSR count). The van der Waals surface area contributed by atoms with Crippen molar-refractivity contribution in [3.63, 3.8) is 0 Å². The maximum absolute atomic E-state index is 14.4. The molecule has 1 aromatic heterocycles. The van der Waals surface area contributed by atoms with Gasteiger partial charge >= 0.3 is 0 Å². The maximum atomic E-state index is 14.4. The Morgan fingerprint density at radius 2 is 1.52 bits per heavy atom. The normalized spacial score (nSPS) is 17.6. The molecule has 0 saturated heterocycles. The summed E-state index contributed by atoms with van der Waals surface area (Å²) in [5.74, 6) is -4.35. The first kappa shape index (κ1) is 32.1. The van der Waals surface area contributed by atoms with E-state index in [0.717, 1.165) is 28.2 Å². The number of phenolic OH excluding ortho intramolecular Hbond substituents is 6. The van der Waals surface area contributed by atoms with Gasteiger partial charge < -0.3 is 40.8 Å². The zero-order valence-electron chi connectivity index (χ0n) is 26.7. The maximum Gasteiger partial charge on any atom is 0.171 e. The summed E-state index contributed by atoms with van der Waals surface area (Å²) in [5, 5.41) is 65.4. The molecule has 0 amide bonds. The number of hydrogen-bond acceptors (Lipinski definition) is 9. The number of nitrogen functional groups attached to an aromatic ring is 1. The van der Waals surface area contributed by atoms with Crippen molar-refractivity contribution < 1.29 is 39.9 Å². The van der Waals surface area contributed by atoms with Crippen LogP contribution in [0.25, 0.3) is 22.3 Å². The van der Waals surface area contributed by atoms with Crippen LogP contribution in [0.3, 0.4) is 0 Å². The zero-order chi connectivity index (χ0) is 34.4. The Morgan fingerprint density at radius 1 is 0.854 bits per heavy atom. The highest BCUT2D eigenvalue weighted by Crippen LogP contribution is 2.53. The number of benzene rings is 4. The van der Waals surface area contributed by atoms with Gasteiger partial charge in [-0.05, 0) is 87.7 Å². The van der Waals surface area contributed by atoms with Crippen molar-refractivity contribution in [1.82, 2.24) is 0 Å². The van der Waals surface area contributed by atoms with E-state index in [1.807, 2.05) is 39.0 Å². The van der Waals surface area contributed by atoms with Crippen LogP contribution < -0.4 is 5.73 Å². The Morgan fingerprint density at radius 3 is 2.17 bits per heavy atom. The quantitative estimate of drug-likeness (QED) is 0.0522. The van der Waals surface area contributed by atoms with Crippen LogP contribution in [0.2, 0.25) is 0 Å². The fraction of sp³-hybridized carbons (Fsp3) is 0.205. The van der Waals surface area contributed by atoms with Crippen molar-refractivity contribution in [3.8, 4) is 45.8 Å². The highest BCUT2D eigenvalue weighted by Gasteiger charge is 2.43. The monoisotopic (exact) mass is 647 g/mol. The summed E-state index contributed by atoms with van der Waals surface area (Å²) in [6.07, 6.45) is 4.76. The second kappa shape index (κ2) is 12.4. The minimum Gasteiger partial charge on any atom is -0.508 e. The van der Waals surface area contributed by atoms with Crippen molar-refractivity contribution in [3.05, 3.63) is 112 Å². The van der Waals surface area contributed by atoms with E-state index in [2.05, 4.69) is 6.08 Å². The van der Waals surface area contributed by atoms with Crippen LogP contribution in [-0.2, 0) is 6.42 Å². The summed E-state index contributed by atoms with van der Waals surface area (Å²) in [5.41, 5.74) is 11.1. The van der Waals surface area contributed by atoms with Crippen LogP contribution in [-0.4, -0.2) is 36.4 Å². The summed E-state index contributed by atoms with van der Waals surface area (Å²) < 4.78 is 6.25. The van der Waals surface area contributed by atoms with E-state index in [1.165, 1.54) is 42.5 Å². The third kappa shape index (κ3) is 5.90. The molecule has 0 radical (unpaired) electrons. The number of allylic oxidation sites excluding steroid dienone is 4. The van der Waals surface area contributed by atoms with Crippen molar-refractivity contribution in [1.29, 1.82) is 0 Å². The van der Waals surface area contributed by atoms with Gasteiger partial charge in [0.1, 0.15) is 45.8 Å². The number of Topliss-reactive ketones (excluding diaryl/α,β-unsaturated/α-hetero) is 1. The third-order valence-electron chi connectivity index (χ3n) is 9.08. The van der Waals surface area contributed by atoms with Gasteiger partial charge in [0, 0.05) is 57.7 Å². The van der Waals surface area contributed by atoms with E-state index in [4.69, 9.17) is 10.2 Å². The number of furan rings is 1. The molecule has 0 aliphatic heterocycles. The Kier molecular flexibility index (Phi) is 8.30. The van der Waals surface area contributed by atoms with Crippen LogP contribution in [0.15, 0.2) is 94.4 Å². The van der Waals surface area contributed by atoms with Gasteiger partial charge in [-0.25, -0.2) is 0 Å². The number of anilines is 1. The van der Waals surface area contributed by atoms with Crippen molar-refractivity contribution in [2.45, 2.75) is 45.4 Å². The fourth-order valence-electron chi connectivity index (χ4n) is 6.81. The summed E-state index contributed by atoms with van der Waals surface area (Å²) in [7, 11) is 0. The van der Waals surface area contributed by atoms with E-state index in [-0.39, 0.29) is 39.9 Å². The van der Waals surface area contributed by atoms with E-state index >= 15 is 0 Å². The number of hydrogen-bond donors (Lipinski definition) is 7. The molecule has 0 bridgehead atoms. The molecule has 1 aliphatic rings. The van der Waals surface area contributed by atoms with Crippen LogP contribution in [0, 0.1) is 5.92 Å². The van der Waals surface area contributed by atoms with Crippen LogP contribution in [0.4, 0.5) is 5.69 Å². The standard InChI is InChI=1S/C39H37NO8/c1-19(2)4-8-26-30(40)11-5-21-16-35(48-39(21)26)22-14-33(45)37(34(46)15-22)29-13-20(3)12-28(25-9-6-23(41)17-31(25)43)36(29)38(47)27-10-7-24(42)18-32(27)44/h4-7,9-11,13-18,28-29,36,41-46H,8,12,40H2,1-3H3. The molecule has 48 heavy (non-hydrogen) atoms. The summed E-state index contributed by atoms with van der Waals surface area (Å²) in [6.45, 7) is 5.86. The lowest BCUT2D eigenvalue weighted by Crippen LogP contribution is -2.31. The summed E-state index contributed by atoms with van der Waals surface area (Å²) in [4.78, 5) is 14.4. The number of aromatic hydroxyl groups is 6. The number of carbonyl (C=O) groups is 1. The first-order chi connectivity index (χ1) is 22.8. The molecule has 5 aromatic rings. The van der Waals surface area contributed by atoms with Crippen molar-refractivity contribution in [2.24, 2.45) is 5.92 Å². The molecule has 4 aromatic carbocycles. The molecule has 9 nitrogen and oxygen atoms in total. The number of rotatable bonds is 7. The van der Waals surface area contributed by atoms with Gasteiger partial charge in [-0.3, -0.25) is 4.79 Å². The topological polar surface area (TPSA) is 178 Å². The predicted molar refractivity (Wildman–Crippen MR) is 184 cm³/mol. The van der Waals surface area contributed by atoms with E-state index in [0.29, 0.717) is 41.0 Å². The predicted octanol–water partition coefficient (Wildman–Crippen LogP) is 8.14. The number of ketones is 1. The smallest absolute Gasteiger partial charge is 0.171 e. The lowest BCUT2D eigenvalue weighted by molar-refractivity contribution is 0.0876. The molecular weight excluding hydrogens is 610 g/mol. The average molecular weight is 648 g/mol. The highest BCUT2D eigenvalue weighted by molar-refractivity contribution is 6.02. The fourth-order valence-corrected chi connectivity index (χ4v) is 6.81. The lowest BCUT2D eigenvalue weighted by atomic mass is 9.65. The number of fused-ring (bicyclic) bond motifs is 1. The second-order valence-corrected chi connectivity index (χ2v) is 12.8. The second-order valence-electron chi connectivity index (χ2n) is 12.8. The molecule has 1 heterocycles. The first-order valence-corrected chi connectivity index (χ1v) is 15.6. The molecule has 9 heteroatoms. The Balaban J connectivity index is 1.48. The average Bonchev–Trinajstić information content (AvgIpc) is 3.44. The lowest BCUT2D eigenvalue weighted by Gasteiger charge is -2.37.